The molecule has 2 atom stereocenters. The van der Waals surface area contributed by atoms with E-state index in [9.17, 15) is 5.11 Å². The summed E-state index contributed by atoms with van der Waals surface area (Å²) in [6.07, 6.45) is 5.94. The summed E-state index contributed by atoms with van der Waals surface area (Å²) in [5.41, 5.74) is 0.985. The first-order valence-corrected chi connectivity index (χ1v) is 8.39. The SMILES string of the molecule is CCCC1CCCCN1CC(O)c1ccc(OCC)cc1. The normalized spacial score (nSPS) is 21.2. The Hall–Kier alpha value is -1.06. The molecule has 3 heteroatoms. The monoisotopic (exact) mass is 291 g/mol. The Labute approximate surface area is 128 Å². The summed E-state index contributed by atoms with van der Waals surface area (Å²) in [6.45, 7) is 6.77. The van der Waals surface area contributed by atoms with Crippen LogP contribution >= 0.6 is 0 Å². The van der Waals surface area contributed by atoms with Gasteiger partial charge in [0.25, 0.3) is 0 Å². The molecule has 3 nitrogen and oxygen atoms in total. The number of piperidine rings is 1. The quantitative estimate of drug-likeness (QED) is 0.830. The maximum Gasteiger partial charge on any atom is 0.119 e. The summed E-state index contributed by atoms with van der Waals surface area (Å²) >= 11 is 0. The highest BCUT2D eigenvalue weighted by Gasteiger charge is 2.24. The van der Waals surface area contributed by atoms with Crippen molar-refractivity contribution < 1.29 is 9.84 Å². The zero-order valence-corrected chi connectivity index (χ0v) is 13.4. The molecule has 0 saturated carbocycles. The van der Waals surface area contributed by atoms with Gasteiger partial charge in [-0.25, -0.2) is 0 Å². The maximum absolute atomic E-state index is 10.5. The van der Waals surface area contributed by atoms with Crippen molar-refractivity contribution in [2.24, 2.45) is 0 Å². The van der Waals surface area contributed by atoms with E-state index < -0.39 is 6.10 Å². The van der Waals surface area contributed by atoms with Crippen LogP contribution in [0.15, 0.2) is 24.3 Å². The van der Waals surface area contributed by atoms with Crippen molar-refractivity contribution in [3.8, 4) is 5.75 Å². The van der Waals surface area contributed by atoms with E-state index in [0.29, 0.717) is 12.6 Å². The summed E-state index contributed by atoms with van der Waals surface area (Å²) in [5, 5.41) is 10.5. The second-order valence-electron chi connectivity index (χ2n) is 5.95. The van der Waals surface area contributed by atoms with Crippen molar-refractivity contribution in [1.82, 2.24) is 4.90 Å². The molecule has 1 N–H and O–H groups in total. The Morgan fingerprint density at radius 3 is 2.67 bits per heavy atom. The number of nitrogens with zero attached hydrogens (tertiary/aromatic N) is 1. The van der Waals surface area contributed by atoms with Crippen molar-refractivity contribution in [3.63, 3.8) is 0 Å². The van der Waals surface area contributed by atoms with Gasteiger partial charge in [-0.1, -0.05) is 31.9 Å². The first-order valence-electron chi connectivity index (χ1n) is 8.39. The third-order valence-electron chi connectivity index (χ3n) is 4.35. The number of likely N-dealkylation sites (tertiary alicyclic amines) is 1. The summed E-state index contributed by atoms with van der Waals surface area (Å²) in [6, 6.07) is 8.51. The van der Waals surface area contributed by atoms with Crippen molar-refractivity contribution in [2.45, 2.75) is 58.1 Å². The molecule has 2 rings (SSSR count). The number of aliphatic hydroxyl groups is 1. The van der Waals surface area contributed by atoms with Gasteiger partial charge in [0.2, 0.25) is 0 Å². The van der Waals surface area contributed by atoms with Gasteiger partial charge in [-0.3, -0.25) is 4.90 Å². The number of ether oxygens (including phenoxy) is 1. The van der Waals surface area contributed by atoms with E-state index in [1.807, 2.05) is 31.2 Å². The van der Waals surface area contributed by atoms with Crippen LogP contribution in [0.5, 0.6) is 5.75 Å². The highest BCUT2D eigenvalue weighted by Crippen LogP contribution is 2.25. The van der Waals surface area contributed by atoms with Gasteiger partial charge in [-0.15, -0.1) is 0 Å². The molecule has 0 radical (unpaired) electrons. The molecule has 0 aliphatic carbocycles. The van der Waals surface area contributed by atoms with Gasteiger partial charge in [0.1, 0.15) is 5.75 Å². The van der Waals surface area contributed by atoms with Crippen LogP contribution in [0.25, 0.3) is 0 Å². The van der Waals surface area contributed by atoms with Crippen LogP contribution < -0.4 is 4.74 Å². The minimum absolute atomic E-state index is 0.405. The maximum atomic E-state index is 10.5. The largest absolute Gasteiger partial charge is 0.494 e. The van der Waals surface area contributed by atoms with Gasteiger partial charge >= 0.3 is 0 Å². The standard InChI is InChI=1S/C18H29NO2/c1-3-7-16-8-5-6-13-19(16)14-18(20)15-9-11-17(12-10-15)21-4-2/h9-12,16,18,20H,3-8,13-14H2,1-2H3. The fourth-order valence-corrected chi connectivity index (χ4v) is 3.24. The molecule has 0 bridgehead atoms. The lowest BCUT2D eigenvalue weighted by Crippen LogP contribution is -2.41. The number of β-amino-alcohol motifs (C(OH)–C–C–N with tert-alkyl or cyclic N) is 1. The second-order valence-corrected chi connectivity index (χ2v) is 5.95. The first kappa shape index (κ1) is 16.3. The Morgan fingerprint density at radius 1 is 1.24 bits per heavy atom. The lowest BCUT2D eigenvalue weighted by atomic mass is 9.97. The third kappa shape index (κ3) is 4.72. The predicted molar refractivity (Wildman–Crippen MR) is 86.7 cm³/mol. The number of rotatable bonds is 7. The highest BCUT2D eigenvalue weighted by molar-refractivity contribution is 5.28. The van der Waals surface area contributed by atoms with Gasteiger partial charge in [0.05, 0.1) is 12.7 Å². The molecule has 1 aromatic rings. The summed E-state index contributed by atoms with van der Waals surface area (Å²) in [7, 11) is 0. The van der Waals surface area contributed by atoms with Gasteiger partial charge in [0, 0.05) is 12.6 Å². The molecule has 118 valence electrons. The molecule has 1 aliphatic heterocycles. The Balaban J connectivity index is 1.93. The van der Waals surface area contributed by atoms with Crippen LogP contribution in [0, 0.1) is 0 Å². The molecule has 1 fully saturated rings. The molecular formula is C18H29NO2. The van der Waals surface area contributed by atoms with E-state index in [4.69, 9.17) is 4.74 Å². The van der Waals surface area contributed by atoms with Gasteiger partial charge in [-0.05, 0) is 50.4 Å². The fourth-order valence-electron chi connectivity index (χ4n) is 3.24. The number of hydrogen-bond acceptors (Lipinski definition) is 3. The molecule has 1 aromatic carbocycles. The van der Waals surface area contributed by atoms with Crippen molar-refractivity contribution in [3.05, 3.63) is 29.8 Å². The van der Waals surface area contributed by atoms with Gasteiger partial charge in [0.15, 0.2) is 0 Å². The average molecular weight is 291 g/mol. The molecule has 0 amide bonds. The van der Waals surface area contributed by atoms with Gasteiger partial charge in [-0.2, -0.15) is 0 Å². The van der Waals surface area contributed by atoms with Crippen molar-refractivity contribution >= 4 is 0 Å². The topological polar surface area (TPSA) is 32.7 Å². The van der Waals surface area contributed by atoms with E-state index in [-0.39, 0.29) is 0 Å². The molecule has 2 unspecified atom stereocenters. The van der Waals surface area contributed by atoms with Crippen LogP contribution in [0.1, 0.15) is 57.6 Å². The van der Waals surface area contributed by atoms with Gasteiger partial charge < -0.3 is 9.84 Å². The van der Waals surface area contributed by atoms with E-state index in [2.05, 4.69) is 11.8 Å². The minimum atomic E-state index is -0.405. The van der Waals surface area contributed by atoms with Crippen LogP contribution in [-0.2, 0) is 0 Å². The Kier molecular flexibility index (Phi) is 6.52. The van der Waals surface area contributed by atoms with Crippen LogP contribution in [0.2, 0.25) is 0 Å². The summed E-state index contributed by atoms with van der Waals surface area (Å²) in [5.74, 6) is 0.871. The predicted octanol–water partition coefficient (Wildman–Crippen LogP) is 3.77. The van der Waals surface area contributed by atoms with Crippen LogP contribution in [0.3, 0.4) is 0 Å². The summed E-state index contributed by atoms with van der Waals surface area (Å²) in [4.78, 5) is 2.48. The molecular weight excluding hydrogens is 262 g/mol. The summed E-state index contributed by atoms with van der Waals surface area (Å²) < 4.78 is 5.45. The molecule has 1 aliphatic rings. The number of benzene rings is 1. The lowest BCUT2D eigenvalue weighted by Gasteiger charge is -2.37. The molecule has 21 heavy (non-hydrogen) atoms. The number of aliphatic hydroxyl groups excluding tert-OH is 1. The van der Waals surface area contributed by atoms with Crippen LogP contribution in [0.4, 0.5) is 0 Å². The highest BCUT2D eigenvalue weighted by atomic mass is 16.5. The smallest absolute Gasteiger partial charge is 0.119 e. The zero-order chi connectivity index (χ0) is 15.1. The first-order chi connectivity index (χ1) is 10.2. The Bertz CT molecular complexity index is 402. The van der Waals surface area contributed by atoms with E-state index >= 15 is 0 Å². The second kappa shape index (κ2) is 8.40. The zero-order valence-electron chi connectivity index (χ0n) is 13.4. The molecule has 1 heterocycles. The fraction of sp³-hybridized carbons (Fsp3) is 0.667. The minimum Gasteiger partial charge on any atom is -0.494 e. The third-order valence-corrected chi connectivity index (χ3v) is 4.35. The molecule has 0 aromatic heterocycles. The Morgan fingerprint density at radius 2 is 2.00 bits per heavy atom. The lowest BCUT2D eigenvalue weighted by molar-refractivity contribution is 0.0635. The van der Waals surface area contributed by atoms with Crippen LogP contribution in [-0.4, -0.2) is 35.7 Å². The van der Waals surface area contributed by atoms with E-state index in [0.717, 1.165) is 24.4 Å². The van der Waals surface area contributed by atoms with E-state index in [1.54, 1.807) is 0 Å². The molecule has 1 saturated heterocycles. The number of hydrogen-bond donors (Lipinski definition) is 1. The average Bonchev–Trinajstić information content (AvgIpc) is 2.50. The van der Waals surface area contributed by atoms with E-state index in [1.165, 1.54) is 32.1 Å². The van der Waals surface area contributed by atoms with Crippen molar-refractivity contribution in [1.29, 1.82) is 0 Å². The molecule has 0 spiro atoms. The van der Waals surface area contributed by atoms with Crippen molar-refractivity contribution in [2.75, 3.05) is 19.7 Å².